The van der Waals surface area contributed by atoms with Gasteiger partial charge in [-0.2, -0.15) is 13.2 Å². The molecule has 1 heterocycles. The van der Waals surface area contributed by atoms with Gasteiger partial charge in [-0.15, -0.1) is 0 Å². The van der Waals surface area contributed by atoms with E-state index in [-0.39, 0.29) is 19.1 Å². The lowest BCUT2D eigenvalue weighted by Gasteiger charge is -2.28. The first kappa shape index (κ1) is 18.3. The molecule has 1 aromatic rings. The third-order valence-corrected chi connectivity index (χ3v) is 3.80. The first-order chi connectivity index (χ1) is 11.3. The first-order valence-electron chi connectivity index (χ1n) is 7.52. The normalized spacial score (nSPS) is 18.2. The van der Waals surface area contributed by atoms with E-state index >= 15 is 0 Å². The van der Waals surface area contributed by atoms with Gasteiger partial charge in [0.2, 0.25) is 5.91 Å². The van der Waals surface area contributed by atoms with Gasteiger partial charge >= 0.3 is 12.1 Å². The Kier molecular flexibility index (Phi) is 5.82. The lowest BCUT2D eigenvalue weighted by molar-refractivity contribution is -0.149. The van der Waals surface area contributed by atoms with Crippen molar-refractivity contribution in [2.75, 3.05) is 19.8 Å². The lowest BCUT2D eigenvalue weighted by Crippen LogP contribution is -2.41. The molecule has 24 heavy (non-hydrogen) atoms. The minimum atomic E-state index is -4.44. The van der Waals surface area contributed by atoms with Crippen LogP contribution in [0.5, 0.6) is 0 Å². The maximum atomic E-state index is 12.6. The van der Waals surface area contributed by atoms with Crippen molar-refractivity contribution in [3.63, 3.8) is 0 Å². The summed E-state index contributed by atoms with van der Waals surface area (Å²) in [5, 5.41) is 8.99. The number of ether oxygens (including phenoxy) is 1. The Morgan fingerprint density at radius 1 is 1.25 bits per heavy atom. The van der Waals surface area contributed by atoms with Gasteiger partial charge in [0.1, 0.15) is 6.54 Å². The number of nitrogens with zero attached hydrogens (tertiary/aromatic N) is 1. The number of rotatable bonds is 5. The van der Waals surface area contributed by atoms with Gasteiger partial charge in [0.15, 0.2) is 0 Å². The van der Waals surface area contributed by atoms with Crippen molar-refractivity contribution in [2.24, 2.45) is 5.92 Å². The van der Waals surface area contributed by atoms with Crippen LogP contribution >= 0.6 is 0 Å². The summed E-state index contributed by atoms with van der Waals surface area (Å²) in [5.41, 5.74) is -0.350. The number of hydrogen-bond acceptors (Lipinski definition) is 3. The van der Waals surface area contributed by atoms with Crippen molar-refractivity contribution in [1.82, 2.24) is 4.90 Å². The average Bonchev–Trinajstić information content (AvgIpc) is 2.53. The summed E-state index contributed by atoms with van der Waals surface area (Å²) >= 11 is 0. The topological polar surface area (TPSA) is 66.8 Å². The SMILES string of the molecule is O=C(O)CN(Cc1ccc(C(F)(F)F)cc1)C(=O)[C@H]1CCCOC1. The number of alkyl halides is 3. The van der Waals surface area contributed by atoms with Crippen LogP contribution in [0.25, 0.3) is 0 Å². The van der Waals surface area contributed by atoms with Crippen molar-refractivity contribution < 1.29 is 32.6 Å². The Morgan fingerprint density at radius 3 is 2.42 bits per heavy atom. The monoisotopic (exact) mass is 345 g/mol. The molecule has 0 radical (unpaired) electrons. The van der Waals surface area contributed by atoms with E-state index in [0.717, 1.165) is 23.5 Å². The quantitative estimate of drug-likeness (QED) is 0.891. The highest BCUT2D eigenvalue weighted by atomic mass is 19.4. The summed E-state index contributed by atoms with van der Waals surface area (Å²) in [5.74, 6) is -1.93. The Balaban J connectivity index is 2.10. The van der Waals surface area contributed by atoms with E-state index in [1.54, 1.807) is 0 Å². The second-order valence-corrected chi connectivity index (χ2v) is 5.70. The van der Waals surface area contributed by atoms with Gasteiger partial charge in [0, 0.05) is 13.2 Å². The molecule has 1 saturated heterocycles. The van der Waals surface area contributed by atoms with E-state index in [0.29, 0.717) is 18.6 Å². The standard InChI is InChI=1S/C16H18F3NO4/c17-16(18,19)13-5-3-11(4-6-13)8-20(9-14(21)22)15(23)12-2-1-7-24-10-12/h3-6,12H,1-2,7-10H2,(H,21,22)/t12-/m0/s1. The molecule has 0 spiro atoms. The van der Waals surface area contributed by atoms with Crippen molar-refractivity contribution in [1.29, 1.82) is 0 Å². The number of amides is 1. The van der Waals surface area contributed by atoms with Crippen LogP contribution in [0, 0.1) is 5.92 Å². The van der Waals surface area contributed by atoms with Gasteiger partial charge < -0.3 is 14.7 Å². The molecule has 1 N–H and O–H groups in total. The van der Waals surface area contributed by atoms with Crippen LogP contribution < -0.4 is 0 Å². The Labute approximate surface area is 137 Å². The number of carbonyl (C=O) groups is 2. The van der Waals surface area contributed by atoms with Crippen LogP contribution in [0.2, 0.25) is 0 Å². The molecule has 1 aliphatic heterocycles. The van der Waals surface area contributed by atoms with Gasteiger partial charge in [-0.05, 0) is 30.5 Å². The highest BCUT2D eigenvalue weighted by Gasteiger charge is 2.31. The molecule has 8 heteroatoms. The molecule has 5 nitrogen and oxygen atoms in total. The maximum absolute atomic E-state index is 12.6. The molecule has 1 aromatic carbocycles. The Morgan fingerprint density at radius 2 is 1.92 bits per heavy atom. The fourth-order valence-corrected chi connectivity index (χ4v) is 2.59. The average molecular weight is 345 g/mol. The van der Waals surface area contributed by atoms with Crippen molar-refractivity contribution in [3.05, 3.63) is 35.4 Å². The second kappa shape index (κ2) is 7.65. The number of halogens is 3. The van der Waals surface area contributed by atoms with Crippen LogP contribution in [0.15, 0.2) is 24.3 Å². The highest BCUT2D eigenvalue weighted by Crippen LogP contribution is 2.29. The molecule has 2 rings (SSSR count). The zero-order valence-corrected chi connectivity index (χ0v) is 12.9. The summed E-state index contributed by atoms with van der Waals surface area (Å²) in [6.45, 7) is 0.250. The third-order valence-electron chi connectivity index (χ3n) is 3.80. The molecular weight excluding hydrogens is 327 g/mol. The van der Waals surface area contributed by atoms with Gasteiger partial charge in [0.25, 0.3) is 0 Å². The number of aliphatic carboxylic acids is 1. The van der Waals surface area contributed by atoms with Crippen LogP contribution in [-0.4, -0.2) is 41.6 Å². The van der Waals surface area contributed by atoms with E-state index in [9.17, 15) is 22.8 Å². The molecule has 0 aliphatic carbocycles. The van der Waals surface area contributed by atoms with E-state index in [4.69, 9.17) is 9.84 Å². The van der Waals surface area contributed by atoms with Crippen molar-refractivity contribution >= 4 is 11.9 Å². The van der Waals surface area contributed by atoms with Gasteiger partial charge in [-0.3, -0.25) is 9.59 Å². The van der Waals surface area contributed by atoms with E-state index in [1.807, 2.05) is 0 Å². The Hall–Kier alpha value is -2.09. The molecule has 1 aliphatic rings. The zero-order valence-electron chi connectivity index (χ0n) is 12.9. The van der Waals surface area contributed by atoms with Crippen LogP contribution in [0.4, 0.5) is 13.2 Å². The predicted molar refractivity (Wildman–Crippen MR) is 78.0 cm³/mol. The summed E-state index contributed by atoms with van der Waals surface area (Å²) < 4.78 is 42.9. The first-order valence-corrected chi connectivity index (χ1v) is 7.52. The van der Waals surface area contributed by atoms with Crippen molar-refractivity contribution in [2.45, 2.75) is 25.6 Å². The number of carbonyl (C=O) groups excluding carboxylic acids is 1. The summed E-state index contributed by atoms with van der Waals surface area (Å²) in [4.78, 5) is 24.6. The largest absolute Gasteiger partial charge is 0.480 e. The summed E-state index contributed by atoms with van der Waals surface area (Å²) in [6, 6.07) is 4.34. The zero-order chi connectivity index (χ0) is 17.7. The van der Waals surface area contributed by atoms with Crippen molar-refractivity contribution in [3.8, 4) is 0 Å². The van der Waals surface area contributed by atoms with Gasteiger partial charge in [0.05, 0.1) is 18.1 Å². The minimum absolute atomic E-state index is 0.0558. The fourth-order valence-electron chi connectivity index (χ4n) is 2.59. The van der Waals surface area contributed by atoms with Gasteiger partial charge in [-0.1, -0.05) is 12.1 Å². The predicted octanol–water partition coefficient (Wildman–Crippen LogP) is 2.55. The molecule has 1 atom stereocenters. The third kappa shape index (κ3) is 4.95. The second-order valence-electron chi connectivity index (χ2n) is 5.70. The highest BCUT2D eigenvalue weighted by molar-refractivity contribution is 5.83. The molecule has 0 saturated carbocycles. The van der Waals surface area contributed by atoms with E-state index < -0.39 is 30.2 Å². The molecule has 132 valence electrons. The number of carboxylic acids is 1. The minimum Gasteiger partial charge on any atom is -0.480 e. The van der Waals surface area contributed by atoms with E-state index in [2.05, 4.69) is 0 Å². The van der Waals surface area contributed by atoms with Gasteiger partial charge in [-0.25, -0.2) is 0 Å². The fraction of sp³-hybridized carbons (Fsp3) is 0.500. The summed E-state index contributed by atoms with van der Waals surface area (Å²) in [6.07, 6.45) is -3.10. The number of hydrogen-bond donors (Lipinski definition) is 1. The van der Waals surface area contributed by atoms with E-state index in [1.165, 1.54) is 12.1 Å². The number of benzene rings is 1. The molecular formula is C16H18F3NO4. The number of carboxylic acid groups (broad SMARTS) is 1. The smallest absolute Gasteiger partial charge is 0.416 e. The molecule has 0 unspecified atom stereocenters. The van der Waals surface area contributed by atoms with Crippen LogP contribution in [0.1, 0.15) is 24.0 Å². The van der Waals surface area contributed by atoms with Crippen LogP contribution in [-0.2, 0) is 27.0 Å². The molecule has 1 amide bonds. The van der Waals surface area contributed by atoms with Crippen LogP contribution in [0.3, 0.4) is 0 Å². The molecule has 0 bridgehead atoms. The molecule has 1 fully saturated rings. The Bertz CT molecular complexity index is 580. The molecule has 0 aromatic heterocycles. The summed E-state index contributed by atoms with van der Waals surface area (Å²) in [7, 11) is 0. The lowest BCUT2D eigenvalue weighted by atomic mass is 10.00. The maximum Gasteiger partial charge on any atom is 0.416 e.